The summed E-state index contributed by atoms with van der Waals surface area (Å²) in [6, 6.07) is 14.1. The molecule has 2 aromatic carbocycles. The highest BCUT2D eigenvalue weighted by Gasteiger charge is 2.46. The number of aromatic nitrogens is 2. The number of nitrogens with two attached hydrogens (primary N) is 1. The van der Waals surface area contributed by atoms with E-state index in [2.05, 4.69) is 15.3 Å². The average molecular weight is 590 g/mol. The first-order valence-corrected chi connectivity index (χ1v) is 13.8. The molecule has 3 aromatic rings. The number of hydrogen-bond donors (Lipinski definition) is 2. The smallest absolute Gasteiger partial charge is 0.429 e. The summed E-state index contributed by atoms with van der Waals surface area (Å²) in [6.45, 7) is 3.98. The molecule has 0 unspecified atom stereocenters. The highest BCUT2D eigenvalue weighted by atomic mass is 35.5. The second-order valence-corrected chi connectivity index (χ2v) is 10.9. The van der Waals surface area contributed by atoms with Gasteiger partial charge in [-0.2, -0.15) is 23.1 Å². The van der Waals surface area contributed by atoms with E-state index in [9.17, 15) is 18.0 Å². The van der Waals surface area contributed by atoms with E-state index in [0.717, 1.165) is 12.8 Å². The third-order valence-electron chi connectivity index (χ3n) is 7.70. The van der Waals surface area contributed by atoms with Gasteiger partial charge in [-0.3, -0.25) is 4.79 Å². The van der Waals surface area contributed by atoms with Gasteiger partial charge in [0.15, 0.2) is 0 Å². The van der Waals surface area contributed by atoms with Gasteiger partial charge >= 0.3 is 12.1 Å². The molecule has 8 nitrogen and oxygen atoms in total. The van der Waals surface area contributed by atoms with Crippen LogP contribution in [0.15, 0.2) is 54.6 Å². The van der Waals surface area contributed by atoms with Crippen molar-refractivity contribution in [1.82, 2.24) is 15.3 Å². The lowest BCUT2D eigenvalue weighted by Crippen LogP contribution is -2.41. The largest absolute Gasteiger partial charge is 0.465 e. The van der Waals surface area contributed by atoms with Gasteiger partial charge in [0, 0.05) is 36.3 Å². The van der Waals surface area contributed by atoms with Crippen molar-refractivity contribution in [3.63, 3.8) is 0 Å². The standard InChI is InChI=1S/C29H31ClF3N5O3/c1-2-40-26(39)22-16-28(17-35-22)10-12-38(13-11-28)23-15-24(37-27(34)36-23)41-25(29(31,32)33)21-14-19(30)8-9-20(21)18-6-4-3-5-7-18/h3-9,14-15,22,25,35H,2,10-13,16-17H2,1H3,(H2,34,36,37)/t22-,25+/m0/s1. The topological polar surface area (TPSA) is 103 Å². The minimum atomic E-state index is -4.78. The number of anilines is 2. The maximum Gasteiger partial charge on any atom is 0.429 e. The molecule has 3 N–H and O–H groups in total. The fraction of sp³-hybridized carbons (Fsp3) is 0.414. The molecule has 2 fully saturated rings. The summed E-state index contributed by atoms with van der Waals surface area (Å²) in [5, 5.41) is 3.42. The molecule has 41 heavy (non-hydrogen) atoms. The van der Waals surface area contributed by atoms with Gasteiger partial charge in [-0.25, -0.2) is 0 Å². The molecular weight excluding hydrogens is 559 g/mol. The molecule has 0 bridgehead atoms. The molecule has 5 rings (SSSR count). The number of nitrogens with zero attached hydrogens (tertiary/aromatic N) is 3. The number of piperidine rings is 1. The summed E-state index contributed by atoms with van der Waals surface area (Å²) in [4.78, 5) is 22.4. The molecule has 1 spiro atoms. The first-order valence-electron chi connectivity index (χ1n) is 13.4. The van der Waals surface area contributed by atoms with E-state index in [4.69, 9.17) is 26.8 Å². The molecular formula is C29H31ClF3N5O3. The summed E-state index contributed by atoms with van der Waals surface area (Å²) in [5.41, 5.74) is 6.67. The Kier molecular flexibility index (Phi) is 8.28. The number of esters is 1. The summed E-state index contributed by atoms with van der Waals surface area (Å²) < 4.78 is 54.2. The number of carbonyl (C=O) groups is 1. The minimum absolute atomic E-state index is 0.0619. The van der Waals surface area contributed by atoms with Crippen LogP contribution in [0.1, 0.15) is 37.9 Å². The van der Waals surface area contributed by atoms with E-state index >= 15 is 0 Å². The number of alkyl halides is 3. The van der Waals surface area contributed by atoms with Gasteiger partial charge in [-0.05, 0) is 54.9 Å². The number of halogens is 4. The zero-order valence-corrected chi connectivity index (χ0v) is 23.2. The summed E-state index contributed by atoms with van der Waals surface area (Å²) in [7, 11) is 0. The molecule has 0 aliphatic carbocycles. The number of benzene rings is 2. The normalized spacial score (nSPS) is 19.2. The second-order valence-electron chi connectivity index (χ2n) is 10.4. The summed E-state index contributed by atoms with van der Waals surface area (Å²) in [5.74, 6) is -0.353. The third-order valence-corrected chi connectivity index (χ3v) is 7.94. The molecule has 0 saturated carbocycles. The van der Waals surface area contributed by atoms with Crippen molar-refractivity contribution in [2.24, 2.45) is 5.41 Å². The Morgan fingerprint density at radius 2 is 1.90 bits per heavy atom. The zero-order chi connectivity index (χ0) is 29.2. The average Bonchev–Trinajstić information content (AvgIpc) is 3.35. The fourth-order valence-corrected chi connectivity index (χ4v) is 5.81. The van der Waals surface area contributed by atoms with Gasteiger partial charge in [0.1, 0.15) is 11.9 Å². The Morgan fingerprint density at radius 3 is 2.59 bits per heavy atom. The number of ether oxygens (including phenoxy) is 2. The lowest BCUT2D eigenvalue weighted by atomic mass is 9.76. The van der Waals surface area contributed by atoms with Crippen LogP contribution >= 0.6 is 11.6 Å². The molecule has 0 amide bonds. The van der Waals surface area contributed by atoms with Gasteiger partial charge in [0.05, 0.1) is 6.61 Å². The lowest BCUT2D eigenvalue weighted by Gasteiger charge is -2.39. The first-order chi connectivity index (χ1) is 19.6. The van der Waals surface area contributed by atoms with Gasteiger partial charge in [-0.1, -0.05) is 48.0 Å². The Bertz CT molecular complexity index is 1380. The van der Waals surface area contributed by atoms with E-state index in [1.807, 2.05) is 4.90 Å². The number of rotatable bonds is 7. The van der Waals surface area contributed by atoms with Crippen molar-refractivity contribution >= 4 is 29.3 Å². The van der Waals surface area contributed by atoms with Crippen molar-refractivity contribution < 1.29 is 27.4 Å². The van der Waals surface area contributed by atoms with E-state index < -0.39 is 12.3 Å². The van der Waals surface area contributed by atoms with Crippen molar-refractivity contribution in [2.45, 2.75) is 44.5 Å². The number of hydrogen-bond acceptors (Lipinski definition) is 8. The first kappa shape index (κ1) is 28.9. The predicted octanol–water partition coefficient (Wildman–Crippen LogP) is 5.57. The Morgan fingerprint density at radius 1 is 1.17 bits per heavy atom. The van der Waals surface area contributed by atoms with Crippen molar-refractivity contribution in [1.29, 1.82) is 0 Å². The van der Waals surface area contributed by atoms with E-state index in [1.54, 1.807) is 49.4 Å². The van der Waals surface area contributed by atoms with Crippen LogP contribution in [0.3, 0.4) is 0 Å². The molecule has 2 aliphatic rings. The van der Waals surface area contributed by atoms with E-state index in [-0.39, 0.29) is 39.8 Å². The van der Waals surface area contributed by atoms with Crippen molar-refractivity contribution in [3.05, 3.63) is 65.2 Å². The zero-order valence-electron chi connectivity index (χ0n) is 22.5. The van der Waals surface area contributed by atoms with Crippen LogP contribution in [0.5, 0.6) is 5.88 Å². The van der Waals surface area contributed by atoms with Gasteiger partial charge in [-0.15, -0.1) is 0 Å². The maximum atomic E-state index is 14.5. The van der Waals surface area contributed by atoms with Gasteiger partial charge in [0.2, 0.25) is 17.9 Å². The highest BCUT2D eigenvalue weighted by molar-refractivity contribution is 6.30. The van der Waals surface area contributed by atoms with Crippen LogP contribution < -0.4 is 20.7 Å². The summed E-state index contributed by atoms with van der Waals surface area (Å²) in [6.07, 6.45) is -4.92. The molecule has 2 aliphatic heterocycles. The van der Waals surface area contributed by atoms with Crippen LogP contribution in [0.4, 0.5) is 24.9 Å². The molecule has 2 atom stereocenters. The van der Waals surface area contributed by atoms with Crippen molar-refractivity contribution in [3.8, 4) is 17.0 Å². The molecule has 2 saturated heterocycles. The van der Waals surface area contributed by atoms with Crippen LogP contribution in [0.2, 0.25) is 5.02 Å². The maximum absolute atomic E-state index is 14.5. The quantitative estimate of drug-likeness (QED) is 0.345. The monoisotopic (exact) mass is 589 g/mol. The third kappa shape index (κ3) is 6.51. The molecule has 3 heterocycles. The molecule has 12 heteroatoms. The summed E-state index contributed by atoms with van der Waals surface area (Å²) >= 11 is 6.14. The minimum Gasteiger partial charge on any atom is -0.465 e. The highest BCUT2D eigenvalue weighted by Crippen LogP contribution is 2.43. The van der Waals surface area contributed by atoms with Gasteiger partial charge in [0.25, 0.3) is 0 Å². The van der Waals surface area contributed by atoms with E-state index in [0.29, 0.717) is 49.6 Å². The molecule has 0 radical (unpaired) electrons. The van der Waals surface area contributed by atoms with Crippen LogP contribution in [-0.4, -0.2) is 54.4 Å². The number of nitrogens with one attached hydrogen (secondary N) is 1. The van der Waals surface area contributed by atoms with Crippen LogP contribution in [-0.2, 0) is 9.53 Å². The molecule has 1 aromatic heterocycles. The molecule has 218 valence electrons. The fourth-order valence-electron chi connectivity index (χ4n) is 5.63. The Hall–Kier alpha value is -3.57. The van der Waals surface area contributed by atoms with Gasteiger partial charge < -0.3 is 25.4 Å². The van der Waals surface area contributed by atoms with Crippen LogP contribution in [0.25, 0.3) is 11.1 Å². The second kappa shape index (κ2) is 11.7. The number of nitrogen functional groups attached to an aromatic ring is 1. The van der Waals surface area contributed by atoms with E-state index in [1.165, 1.54) is 12.1 Å². The Labute approximate surface area is 241 Å². The number of carbonyl (C=O) groups excluding carboxylic acids is 1. The lowest BCUT2D eigenvalue weighted by molar-refractivity contribution is -0.198. The Balaban J connectivity index is 1.37. The SMILES string of the molecule is CCOC(=O)[C@@H]1CC2(CCN(c3cc(O[C@H](c4cc(Cl)ccc4-c4ccccc4)C(F)(F)F)nc(N)n3)CC2)CN1. The predicted molar refractivity (Wildman–Crippen MR) is 150 cm³/mol. The van der Waals surface area contributed by atoms with Crippen molar-refractivity contribution in [2.75, 3.05) is 36.9 Å². The van der Waals surface area contributed by atoms with Crippen LogP contribution in [0, 0.1) is 5.41 Å².